The minimum absolute atomic E-state index is 0.0155. The highest BCUT2D eigenvalue weighted by Crippen LogP contribution is 2.56. The van der Waals surface area contributed by atoms with Crippen molar-refractivity contribution in [2.45, 2.75) is 53.4 Å². The highest BCUT2D eigenvalue weighted by Gasteiger charge is 2.35. The number of rotatable bonds is 13. The fraction of sp³-hybridized carbons (Fsp3) is 0.812. The van der Waals surface area contributed by atoms with Crippen LogP contribution in [0.1, 0.15) is 53.4 Å². The van der Waals surface area contributed by atoms with Gasteiger partial charge in [0, 0.05) is 6.61 Å². The number of carbonyl (C=O) groups excluding carboxylic acids is 1. The van der Waals surface area contributed by atoms with Gasteiger partial charge in [-0.25, -0.2) is 4.79 Å². The summed E-state index contributed by atoms with van der Waals surface area (Å²) in [5, 5.41) is 8.98. The average Bonchev–Trinajstić information content (AvgIpc) is 2.50. The summed E-state index contributed by atoms with van der Waals surface area (Å²) < 4.78 is 28.3. The van der Waals surface area contributed by atoms with E-state index in [1.165, 1.54) is 0 Å². The quantitative estimate of drug-likeness (QED) is 0.235. The molecule has 0 saturated heterocycles. The van der Waals surface area contributed by atoms with Crippen molar-refractivity contribution >= 4 is 13.6 Å². The third-order valence-electron chi connectivity index (χ3n) is 3.18. The molecule has 136 valence electrons. The van der Waals surface area contributed by atoms with Crippen molar-refractivity contribution in [2.75, 3.05) is 26.4 Å². The lowest BCUT2D eigenvalue weighted by Gasteiger charge is -2.19. The fourth-order valence-electron chi connectivity index (χ4n) is 2.00. The summed E-state index contributed by atoms with van der Waals surface area (Å²) in [6, 6.07) is 0. The van der Waals surface area contributed by atoms with Gasteiger partial charge in [-0.1, -0.05) is 19.4 Å². The van der Waals surface area contributed by atoms with E-state index < -0.39 is 13.6 Å². The smallest absolute Gasteiger partial charge is 0.368 e. The minimum atomic E-state index is -3.64. The molecule has 0 aliphatic heterocycles. The van der Waals surface area contributed by atoms with Gasteiger partial charge in [0.05, 0.1) is 19.8 Å². The van der Waals surface area contributed by atoms with Gasteiger partial charge in [-0.05, 0) is 46.0 Å². The van der Waals surface area contributed by atoms with Crippen molar-refractivity contribution in [1.29, 1.82) is 0 Å². The van der Waals surface area contributed by atoms with Gasteiger partial charge in [0.1, 0.15) is 5.31 Å². The lowest BCUT2D eigenvalue weighted by molar-refractivity contribution is -0.137. The van der Waals surface area contributed by atoms with E-state index in [4.69, 9.17) is 18.9 Å². The number of ether oxygens (including phenoxy) is 1. The molecule has 0 amide bonds. The molecular weight excluding hydrogens is 319 g/mol. The standard InChI is InChI=1S/C16H31O6P/c1-5-20-16(18)15(23(19,21-6-2)22-7-3)12-10-8-9-11-14(4)13-17/h12,14,17H,5-11,13H2,1-4H3/b15-12+/t14-/m1/s1. The van der Waals surface area contributed by atoms with Gasteiger partial charge in [0.2, 0.25) is 0 Å². The second-order valence-electron chi connectivity index (χ2n) is 5.22. The molecule has 0 spiro atoms. The van der Waals surface area contributed by atoms with Crippen LogP contribution in [0.4, 0.5) is 0 Å². The maximum atomic E-state index is 12.8. The van der Waals surface area contributed by atoms with Crippen LogP contribution in [0.25, 0.3) is 0 Å². The lowest BCUT2D eigenvalue weighted by Crippen LogP contribution is -2.11. The highest BCUT2D eigenvalue weighted by molar-refractivity contribution is 7.59. The molecule has 7 heteroatoms. The van der Waals surface area contributed by atoms with Crippen LogP contribution < -0.4 is 0 Å². The third-order valence-corrected chi connectivity index (χ3v) is 5.33. The molecule has 0 rings (SSSR count). The Labute approximate surface area is 139 Å². The van der Waals surface area contributed by atoms with E-state index in [-0.39, 0.29) is 37.7 Å². The first-order chi connectivity index (χ1) is 10.9. The number of aliphatic hydroxyl groups is 1. The predicted molar refractivity (Wildman–Crippen MR) is 90.3 cm³/mol. The molecule has 0 heterocycles. The third kappa shape index (κ3) is 8.66. The Bertz CT molecular complexity index is 397. The second-order valence-corrected chi connectivity index (χ2v) is 7.21. The Kier molecular flexibility index (Phi) is 12.3. The number of unbranched alkanes of at least 4 members (excludes halogenated alkanes) is 2. The first-order valence-electron chi connectivity index (χ1n) is 8.32. The van der Waals surface area contributed by atoms with Crippen molar-refractivity contribution in [2.24, 2.45) is 5.92 Å². The number of aliphatic hydroxyl groups excluding tert-OH is 1. The van der Waals surface area contributed by atoms with Gasteiger partial charge in [-0.2, -0.15) is 0 Å². The summed E-state index contributed by atoms with van der Waals surface area (Å²) in [6.45, 7) is 7.81. The Morgan fingerprint density at radius 3 is 2.22 bits per heavy atom. The van der Waals surface area contributed by atoms with E-state index in [1.54, 1.807) is 26.8 Å². The number of esters is 1. The number of hydrogen-bond acceptors (Lipinski definition) is 6. The molecular formula is C16H31O6P. The van der Waals surface area contributed by atoms with Crippen LogP contribution in [0, 0.1) is 5.92 Å². The molecule has 23 heavy (non-hydrogen) atoms. The van der Waals surface area contributed by atoms with Gasteiger partial charge in [-0.3, -0.25) is 4.57 Å². The summed E-state index contributed by atoms with van der Waals surface area (Å²) in [4.78, 5) is 12.1. The van der Waals surface area contributed by atoms with Crippen LogP contribution in [0.2, 0.25) is 0 Å². The first-order valence-corrected chi connectivity index (χ1v) is 9.87. The highest BCUT2D eigenvalue weighted by atomic mass is 31.2. The average molecular weight is 350 g/mol. The van der Waals surface area contributed by atoms with Crippen LogP contribution in [-0.4, -0.2) is 37.5 Å². The number of hydrogen-bond donors (Lipinski definition) is 1. The van der Waals surface area contributed by atoms with Crippen LogP contribution in [-0.2, 0) is 23.1 Å². The van der Waals surface area contributed by atoms with Crippen LogP contribution in [0.15, 0.2) is 11.4 Å². The summed E-state index contributed by atoms with van der Waals surface area (Å²) in [6.07, 6.45) is 4.84. The summed E-state index contributed by atoms with van der Waals surface area (Å²) in [7, 11) is -3.64. The maximum Gasteiger partial charge on any atom is 0.368 e. The van der Waals surface area contributed by atoms with E-state index in [0.29, 0.717) is 6.42 Å². The zero-order chi connectivity index (χ0) is 17.7. The molecule has 0 bridgehead atoms. The zero-order valence-corrected chi connectivity index (χ0v) is 15.6. The van der Waals surface area contributed by atoms with Crippen molar-refractivity contribution in [1.82, 2.24) is 0 Å². The van der Waals surface area contributed by atoms with E-state index in [1.807, 2.05) is 6.92 Å². The predicted octanol–water partition coefficient (Wildman–Crippen LogP) is 3.89. The van der Waals surface area contributed by atoms with E-state index >= 15 is 0 Å². The number of allylic oxidation sites excluding steroid dienone is 1. The minimum Gasteiger partial charge on any atom is -0.462 e. The molecule has 1 atom stereocenters. The van der Waals surface area contributed by atoms with Crippen molar-refractivity contribution in [3.05, 3.63) is 11.4 Å². The van der Waals surface area contributed by atoms with Gasteiger partial charge < -0.3 is 18.9 Å². The topological polar surface area (TPSA) is 82.1 Å². The Balaban J connectivity index is 4.94. The summed E-state index contributed by atoms with van der Waals surface area (Å²) in [5.41, 5.74) is 0. The van der Waals surface area contributed by atoms with E-state index in [9.17, 15) is 9.36 Å². The molecule has 0 unspecified atom stereocenters. The summed E-state index contributed by atoms with van der Waals surface area (Å²) >= 11 is 0. The van der Waals surface area contributed by atoms with Gasteiger partial charge in [0.15, 0.2) is 0 Å². The first kappa shape index (κ1) is 22.3. The molecule has 0 aromatic heterocycles. The van der Waals surface area contributed by atoms with Crippen LogP contribution >= 0.6 is 7.60 Å². The Hall–Kier alpha value is -0.680. The Morgan fingerprint density at radius 1 is 1.13 bits per heavy atom. The molecule has 0 aromatic carbocycles. The van der Waals surface area contributed by atoms with Crippen molar-refractivity contribution in [3.63, 3.8) is 0 Å². The second kappa shape index (κ2) is 12.7. The molecule has 0 aliphatic carbocycles. The molecule has 0 saturated carbocycles. The largest absolute Gasteiger partial charge is 0.462 e. The van der Waals surface area contributed by atoms with Crippen molar-refractivity contribution in [3.8, 4) is 0 Å². The maximum absolute atomic E-state index is 12.8. The Morgan fingerprint density at radius 2 is 1.74 bits per heavy atom. The van der Waals surface area contributed by atoms with Gasteiger partial charge >= 0.3 is 13.6 Å². The van der Waals surface area contributed by atoms with Crippen molar-refractivity contribution < 1.29 is 28.3 Å². The summed E-state index contributed by atoms with van der Waals surface area (Å²) in [5.74, 6) is -0.386. The SMILES string of the molecule is CCOC(=O)/C(=C\CCCC[C@@H](C)CO)P(=O)(OCC)OCC. The molecule has 6 nitrogen and oxygen atoms in total. The van der Waals surface area contributed by atoms with Crippen LogP contribution in [0.5, 0.6) is 0 Å². The molecule has 0 radical (unpaired) electrons. The zero-order valence-electron chi connectivity index (χ0n) is 14.7. The molecule has 1 N–H and O–H groups in total. The van der Waals surface area contributed by atoms with Gasteiger partial charge in [0.25, 0.3) is 0 Å². The van der Waals surface area contributed by atoms with E-state index in [2.05, 4.69) is 0 Å². The molecule has 0 fully saturated rings. The molecule has 0 aliphatic rings. The normalized spacial score (nSPS) is 13.9. The fourth-order valence-corrected chi connectivity index (χ4v) is 3.67. The monoisotopic (exact) mass is 350 g/mol. The van der Waals surface area contributed by atoms with Crippen LogP contribution in [0.3, 0.4) is 0 Å². The molecule has 0 aromatic rings. The number of carbonyl (C=O) groups is 1. The van der Waals surface area contributed by atoms with E-state index in [0.717, 1.165) is 19.3 Å². The lowest BCUT2D eigenvalue weighted by atomic mass is 10.0. The van der Waals surface area contributed by atoms with Gasteiger partial charge in [-0.15, -0.1) is 0 Å².